The van der Waals surface area contributed by atoms with Gasteiger partial charge in [0.2, 0.25) is 0 Å². The standard InChI is InChI=1S/C23H23N5O4/c29-23(25-16-17-8-9-24-22(14-17)27-10-12-32-13-11-27)18-6-7-20(21(15-18)28(30)31)26-19-4-2-1-3-5-19/h1-9,14-15,26H,10-13,16H2,(H,25,29). The fraction of sp³-hybridized carbons (Fsp3) is 0.217. The van der Waals surface area contributed by atoms with Crippen molar-refractivity contribution in [2.75, 3.05) is 36.5 Å². The van der Waals surface area contributed by atoms with Crippen LogP contribution in [0.5, 0.6) is 0 Å². The fourth-order valence-electron chi connectivity index (χ4n) is 3.43. The zero-order valence-corrected chi connectivity index (χ0v) is 17.4. The minimum atomic E-state index is -0.500. The van der Waals surface area contributed by atoms with Gasteiger partial charge >= 0.3 is 0 Å². The highest BCUT2D eigenvalue weighted by molar-refractivity contribution is 5.95. The average Bonchev–Trinajstić information content (AvgIpc) is 2.84. The number of hydrogen-bond donors (Lipinski definition) is 2. The molecule has 0 spiro atoms. The van der Waals surface area contributed by atoms with Crippen LogP contribution in [-0.4, -0.2) is 42.1 Å². The van der Waals surface area contributed by atoms with Crippen LogP contribution in [0.15, 0.2) is 66.9 Å². The summed E-state index contributed by atoms with van der Waals surface area (Å²) in [5.74, 6) is 0.455. The molecule has 1 amide bonds. The number of hydrogen-bond acceptors (Lipinski definition) is 7. The molecule has 0 saturated carbocycles. The molecule has 1 aliphatic rings. The Kier molecular flexibility index (Phi) is 6.57. The maximum Gasteiger partial charge on any atom is 0.293 e. The lowest BCUT2D eigenvalue weighted by atomic mass is 10.1. The predicted molar refractivity (Wildman–Crippen MR) is 121 cm³/mol. The van der Waals surface area contributed by atoms with Crippen molar-refractivity contribution in [2.24, 2.45) is 0 Å². The van der Waals surface area contributed by atoms with Gasteiger partial charge in [0.15, 0.2) is 0 Å². The van der Waals surface area contributed by atoms with Crippen LogP contribution in [0.4, 0.5) is 22.9 Å². The van der Waals surface area contributed by atoms with Crippen molar-refractivity contribution in [2.45, 2.75) is 6.54 Å². The van der Waals surface area contributed by atoms with Gasteiger partial charge in [-0.2, -0.15) is 0 Å². The van der Waals surface area contributed by atoms with Crippen molar-refractivity contribution in [1.29, 1.82) is 0 Å². The highest BCUT2D eigenvalue weighted by atomic mass is 16.6. The first-order valence-electron chi connectivity index (χ1n) is 10.3. The van der Waals surface area contributed by atoms with Crippen LogP contribution in [0.2, 0.25) is 0 Å². The van der Waals surface area contributed by atoms with Gasteiger partial charge in [0.05, 0.1) is 18.1 Å². The third kappa shape index (κ3) is 5.19. The Morgan fingerprint density at radius 3 is 2.62 bits per heavy atom. The average molecular weight is 433 g/mol. The smallest absolute Gasteiger partial charge is 0.293 e. The minimum Gasteiger partial charge on any atom is -0.378 e. The molecule has 9 nitrogen and oxygen atoms in total. The Hall–Kier alpha value is -3.98. The maximum absolute atomic E-state index is 12.7. The molecule has 2 aromatic carbocycles. The van der Waals surface area contributed by atoms with Gasteiger partial charge in [0.1, 0.15) is 11.5 Å². The van der Waals surface area contributed by atoms with E-state index in [-0.39, 0.29) is 23.7 Å². The zero-order chi connectivity index (χ0) is 22.3. The quantitative estimate of drug-likeness (QED) is 0.433. The van der Waals surface area contributed by atoms with Crippen LogP contribution < -0.4 is 15.5 Å². The molecule has 164 valence electrons. The van der Waals surface area contributed by atoms with Gasteiger partial charge in [-0.3, -0.25) is 14.9 Å². The van der Waals surface area contributed by atoms with E-state index in [9.17, 15) is 14.9 Å². The van der Waals surface area contributed by atoms with Gasteiger partial charge in [-0.25, -0.2) is 4.98 Å². The Balaban J connectivity index is 1.44. The van der Waals surface area contributed by atoms with Gasteiger partial charge < -0.3 is 20.3 Å². The number of benzene rings is 2. The number of nitrogens with zero attached hydrogens (tertiary/aromatic N) is 3. The van der Waals surface area contributed by atoms with Crippen molar-refractivity contribution in [3.63, 3.8) is 0 Å². The lowest BCUT2D eigenvalue weighted by Crippen LogP contribution is -2.36. The molecule has 1 aromatic heterocycles. The number of aromatic nitrogens is 1. The summed E-state index contributed by atoms with van der Waals surface area (Å²) in [6.07, 6.45) is 1.71. The second-order valence-electron chi connectivity index (χ2n) is 7.28. The number of anilines is 3. The number of amides is 1. The number of pyridine rings is 1. The van der Waals surface area contributed by atoms with E-state index >= 15 is 0 Å². The highest BCUT2D eigenvalue weighted by Gasteiger charge is 2.18. The van der Waals surface area contributed by atoms with Gasteiger partial charge in [-0.1, -0.05) is 18.2 Å². The number of rotatable bonds is 7. The lowest BCUT2D eigenvalue weighted by molar-refractivity contribution is -0.383. The molecule has 9 heteroatoms. The molecule has 0 radical (unpaired) electrons. The Bertz CT molecular complexity index is 1100. The third-order valence-corrected chi connectivity index (χ3v) is 5.11. The van der Waals surface area contributed by atoms with E-state index in [1.165, 1.54) is 6.07 Å². The van der Waals surface area contributed by atoms with E-state index in [2.05, 4.69) is 20.5 Å². The predicted octanol–water partition coefficient (Wildman–Crippen LogP) is 3.50. The van der Waals surface area contributed by atoms with E-state index in [1.54, 1.807) is 18.3 Å². The Labute approximate surface area is 185 Å². The second kappa shape index (κ2) is 9.88. The molecule has 1 aliphatic heterocycles. The summed E-state index contributed by atoms with van der Waals surface area (Å²) in [7, 11) is 0. The van der Waals surface area contributed by atoms with Crippen LogP contribution >= 0.6 is 0 Å². The summed E-state index contributed by atoms with van der Waals surface area (Å²) in [6, 6.07) is 17.3. The fourth-order valence-corrected chi connectivity index (χ4v) is 3.43. The van der Waals surface area contributed by atoms with Crippen molar-refractivity contribution in [3.05, 3.63) is 88.1 Å². The van der Waals surface area contributed by atoms with E-state index in [1.807, 2.05) is 42.5 Å². The first-order valence-corrected chi connectivity index (χ1v) is 10.3. The third-order valence-electron chi connectivity index (χ3n) is 5.11. The number of ether oxygens (including phenoxy) is 1. The van der Waals surface area contributed by atoms with Gasteiger partial charge in [-0.15, -0.1) is 0 Å². The molecular formula is C23H23N5O4. The lowest BCUT2D eigenvalue weighted by Gasteiger charge is -2.28. The molecule has 32 heavy (non-hydrogen) atoms. The van der Waals surface area contributed by atoms with Crippen molar-refractivity contribution in [1.82, 2.24) is 10.3 Å². The molecular weight excluding hydrogens is 410 g/mol. The molecule has 1 fully saturated rings. The van der Waals surface area contributed by atoms with Gasteiger partial charge in [-0.05, 0) is 42.0 Å². The molecule has 0 atom stereocenters. The van der Waals surface area contributed by atoms with Crippen LogP contribution in [0.3, 0.4) is 0 Å². The highest BCUT2D eigenvalue weighted by Crippen LogP contribution is 2.28. The molecule has 0 bridgehead atoms. The second-order valence-corrected chi connectivity index (χ2v) is 7.28. The van der Waals surface area contributed by atoms with Crippen molar-refractivity contribution < 1.29 is 14.5 Å². The first-order chi connectivity index (χ1) is 15.6. The molecule has 0 aliphatic carbocycles. The number of nitrogens with one attached hydrogen (secondary N) is 2. The van der Waals surface area contributed by atoms with Crippen LogP contribution in [0.1, 0.15) is 15.9 Å². The normalized spacial score (nSPS) is 13.4. The number of carbonyl (C=O) groups excluding carboxylic acids is 1. The summed E-state index contributed by atoms with van der Waals surface area (Å²) in [5, 5.41) is 17.4. The van der Waals surface area contributed by atoms with Gasteiger partial charge in [0.25, 0.3) is 11.6 Å². The molecule has 3 aromatic rings. The van der Waals surface area contributed by atoms with E-state index in [4.69, 9.17) is 4.74 Å². The molecule has 2 N–H and O–H groups in total. The summed E-state index contributed by atoms with van der Waals surface area (Å²) in [6.45, 7) is 3.16. The van der Waals surface area contributed by atoms with E-state index in [0.717, 1.165) is 30.2 Å². The van der Waals surface area contributed by atoms with Crippen LogP contribution in [-0.2, 0) is 11.3 Å². The van der Waals surface area contributed by atoms with Crippen LogP contribution in [0.25, 0.3) is 0 Å². The van der Waals surface area contributed by atoms with Crippen molar-refractivity contribution in [3.8, 4) is 0 Å². The number of nitro benzene ring substituents is 1. The topological polar surface area (TPSA) is 110 Å². The van der Waals surface area contributed by atoms with Crippen LogP contribution in [0, 0.1) is 10.1 Å². The number of nitro groups is 1. The minimum absolute atomic E-state index is 0.167. The summed E-state index contributed by atoms with van der Waals surface area (Å²) in [5.41, 5.74) is 1.99. The number of morpholine rings is 1. The molecule has 1 saturated heterocycles. The number of para-hydroxylation sites is 1. The maximum atomic E-state index is 12.7. The zero-order valence-electron chi connectivity index (χ0n) is 17.4. The Morgan fingerprint density at radius 1 is 1.09 bits per heavy atom. The largest absolute Gasteiger partial charge is 0.378 e. The monoisotopic (exact) mass is 433 g/mol. The summed E-state index contributed by atoms with van der Waals surface area (Å²) in [4.78, 5) is 30.3. The van der Waals surface area contributed by atoms with Gasteiger partial charge in [0, 0.05) is 43.1 Å². The number of carbonyl (C=O) groups is 1. The van der Waals surface area contributed by atoms with E-state index < -0.39 is 4.92 Å². The molecule has 0 unspecified atom stereocenters. The summed E-state index contributed by atoms with van der Waals surface area (Å²) < 4.78 is 5.37. The molecule has 2 heterocycles. The molecule has 4 rings (SSSR count). The Morgan fingerprint density at radius 2 is 1.88 bits per heavy atom. The van der Waals surface area contributed by atoms with Crippen molar-refractivity contribution >= 4 is 28.8 Å². The first kappa shape index (κ1) is 21.3. The van der Waals surface area contributed by atoms with E-state index in [0.29, 0.717) is 18.9 Å². The summed E-state index contributed by atoms with van der Waals surface area (Å²) >= 11 is 0. The SMILES string of the molecule is O=C(NCc1ccnc(N2CCOCC2)c1)c1ccc(Nc2ccccc2)c([N+](=O)[O-])c1.